The second-order valence-electron chi connectivity index (χ2n) is 6.99. The van der Waals surface area contributed by atoms with Crippen LogP contribution in [0.2, 0.25) is 0 Å². The van der Waals surface area contributed by atoms with Crippen molar-refractivity contribution in [2.75, 3.05) is 19.7 Å². The summed E-state index contributed by atoms with van der Waals surface area (Å²) in [5.41, 5.74) is 2.62. The van der Waals surface area contributed by atoms with Crippen molar-refractivity contribution in [1.82, 2.24) is 10.2 Å². The number of fused-ring (bicyclic) bond motifs is 1. The average molecular weight is 377 g/mol. The van der Waals surface area contributed by atoms with Gasteiger partial charge in [-0.15, -0.1) is 12.4 Å². The summed E-state index contributed by atoms with van der Waals surface area (Å²) in [5, 5.41) is 3.33. The van der Waals surface area contributed by atoms with Gasteiger partial charge in [-0.05, 0) is 43.0 Å². The fourth-order valence-electron chi connectivity index (χ4n) is 3.62. The Labute approximate surface area is 159 Å². The van der Waals surface area contributed by atoms with Gasteiger partial charge in [-0.25, -0.2) is 0 Å². The summed E-state index contributed by atoms with van der Waals surface area (Å²) < 4.78 is 11.4. The zero-order chi connectivity index (χ0) is 17.1. The minimum absolute atomic E-state index is 0. The van der Waals surface area contributed by atoms with E-state index < -0.39 is 0 Å². The van der Waals surface area contributed by atoms with E-state index in [4.69, 9.17) is 9.15 Å². The molecule has 1 aromatic carbocycles. The number of halogens is 1. The molecule has 2 aliphatic rings. The van der Waals surface area contributed by atoms with E-state index in [1.807, 2.05) is 0 Å². The number of piperidine rings is 1. The number of hydrogen-bond donors (Lipinski definition) is 1. The minimum atomic E-state index is -0.0908. The third-order valence-corrected chi connectivity index (χ3v) is 5.07. The first-order valence-electron chi connectivity index (χ1n) is 9.02. The van der Waals surface area contributed by atoms with E-state index in [0.29, 0.717) is 30.6 Å². The predicted octanol–water partition coefficient (Wildman–Crippen LogP) is 2.96. The number of hydrogen-bond acceptors (Lipinski definition) is 5. The van der Waals surface area contributed by atoms with E-state index in [1.54, 1.807) is 6.07 Å². The first kappa shape index (κ1) is 19.0. The predicted molar refractivity (Wildman–Crippen MR) is 103 cm³/mol. The van der Waals surface area contributed by atoms with Gasteiger partial charge in [0.05, 0.1) is 13.2 Å². The van der Waals surface area contributed by atoms with Crippen molar-refractivity contribution in [3.8, 4) is 5.75 Å². The van der Waals surface area contributed by atoms with Crippen LogP contribution in [0.25, 0.3) is 0 Å². The molecule has 0 bridgehead atoms. The maximum atomic E-state index is 12.3. The largest absolute Gasteiger partial charge is 0.486 e. The van der Waals surface area contributed by atoms with Crippen molar-refractivity contribution in [2.45, 2.75) is 32.5 Å². The molecule has 2 aromatic rings. The molecule has 3 heterocycles. The Morgan fingerprint density at radius 3 is 2.50 bits per heavy atom. The first-order valence-corrected chi connectivity index (χ1v) is 9.02. The van der Waals surface area contributed by atoms with Crippen LogP contribution in [0.4, 0.5) is 0 Å². The Balaban J connectivity index is 0.00000196. The van der Waals surface area contributed by atoms with Gasteiger partial charge in [0.15, 0.2) is 0 Å². The maximum Gasteiger partial charge on any atom is 0.227 e. The lowest BCUT2D eigenvalue weighted by atomic mass is 9.99. The van der Waals surface area contributed by atoms with Crippen molar-refractivity contribution >= 4 is 12.4 Å². The highest BCUT2D eigenvalue weighted by Gasteiger charge is 2.20. The van der Waals surface area contributed by atoms with E-state index >= 15 is 0 Å². The van der Waals surface area contributed by atoms with Crippen LogP contribution in [0.3, 0.4) is 0 Å². The molecule has 1 aromatic heterocycles. The van der Waals surface area contributed by atoms with Crippen molar-refractivity contribution in [3.63, 3.8) is 0 Å². The quantitative estimate of drug-likeness (QED) is 0.869. The average Bonchev–Trinajstić information content (AvgIpc) is 3.04. The number of ether oxygens (including phenoxy) is 1. The van der Waals surface area contributed by atoms with Crippen LogP contribution in [-0.2, 0) is 19.6 Å². The van der Waals surface area contributed by atoms with Gasteiger partial charge in [-0.1, -0.05) is 24.3 Å². The van der Waals surface area contributed by atoms with Crippen molar-refractivity contribution in [2.24, 2.45) is 5.92 Å². The van der Waals surface area contributed by atoms with E-state index in [9.17, 15) is 4.79 Å². The summed E-state index contributed by atoms with van der Waals surface area (Å²) in [7, 11) is 0. The molecule has 0 spiro atoms. The molecule has 5 nitrogen and oxygen atoms in total. The van der Waals surface area contributed by atoms with Crippen molar-refractivity contribution in [3.05, 3.63) is 63.7 Å². The number of benzene rings is 1. The van der Waals surface area contributed by atoms with Crippen molar-refractivity contribution in [1.29, 1.82) is 0 Å². The summed E-state index contributed by atoms with van der Waals surface area (Å²) in [6.45, 7) is 5.08. The molecule has 6 heteroatoms. The van der Waals surface area contributed by atoms with E-state index in [2.05, 4.69) is 34.5 Å². The van der Waals surface area contributed by atoms with Crippen LogP contribution in [0.1, 0.15) is 29.7 Å². The zero-order valence-corrected chi connectivity index (χ0v) is 15.6. The van der Waals surface area contributed by atoms with Gasteiger partial charge in [0.2, 0.25) is 11.2 Å². The highest BCUT2D eigenvalue weighted by molar-refractivity contribution is 5.85. The topological polar surface area (TPSA) is 54.7 Å². The third-order valence-electron chi connectivity index (χ3n) is 5.07. The summed E-state index contributed by atoms with van der Waals surface area (Å²) >= 11 is 0. The van der Waals surface area contributed by atoms with E-state index in [0.717, 1.165) is 39.0 Å². The summed E-state index contributed by atoms with van der Waals surface area (Å²) in [4.78, 5) is 14.6. The van der Waals surface area contributed by atoms with Gasteiger partial charge in [0, 0.05) is 19.2 Å². The molecule has 2 aliphatic heterocycles. The normalized spacial score (nSPS) is 17.5. The molecule has 0 unspecified atom stereocenters. The lowest BCUT2D eigenvalue weighted by molar-refractivity contribution is 0.205. The van der Waals surface area contributed by atoms with Crippen LogP contribution in [0.5, 0.6) is 5.75 Å². The molecular formula is C20H25ClN2O3. The Morgan fingerprint density at radius 2 is 1.85 bits per heavy atom. The summed E-state index contributed by atoms with van der Waals surface area (Å²) in [6.07, 6.45) is 3.67. The molecule has 0 radical (unpaired) electrons. The van der Waals surface area contributed by atoms with E-state index in [1.165, 1.54) is 17.4 Å². The van der Waals surface area contributed by atoms with Gasteiger partial charge >= 0.3 is 0 Å². The standard InChI is InChI=1S/C20H24N2O3.ClH/c23-19-9-18(12-22-10-16-3-1-2-4-17(16)11-22)24-14-20(19)25-13-15-5-7-21-8-6-15;/h1-4,9,14-15,21H,5-8,10-13H2;1H. The fraction of sp³-hybridized carbons (Fsp3) is 0.450. The second-order valence-corrected chi connectivity index (χ2v) is 6.99. The van der Waals surface area contributed by atoms with Gasteiger partial charge in [-0.3, -0.25) is 9.69 Å². The molecule has 0 saturated carbocycles. The van der Waals surface area contributed by atoms with Gasteiger partial charge in [0.25, 0.3) is 0 Å². The molecule has 140 valence electrons. The van der Waals surface area contributed by atoms with Gasteiger partial charge < -0.3 is 14.5 Å². The fourth-order valence-corrected chi connectivity index (χ4v) is 3.62. The third kappa shape index (κ3) is 4.47. The Kier molecular flexibility index (Phi) is 6.35. The molecule has 1 fully saturated rings. The lowest BCUT2D eigenvalue weighted by Gasteiger charge is -2.22. The molecule has 0 aliphatic carbocycles. The van der Waals surface area contributed by atoms with Crippen LogP contribution < -0.4 is 15.5 Å². The highest BCUT2D eigenvalue weighted by atomic mass is 35.5. The highest BCUT2D eigenvalue weighted by Crippen LogP contribution is 2.24. The minimum Gasteiger partial charge on any atom is -0.486 e. The molecular weight excluding hydrogens is 352 g/mol. The van der Waals surface area contributed by atoms with E-state index in [-0.39, 0.29) is 17.8 Å². The molecule has 26 heavy (non-hydrogen) atoms. The SMILES string of the molecule is Cl.O=c1cc(CN2Cc3ccccc3C2)occ1OCC1CCNCC1. The van der Waals surface area contributed by atoms with Gasteiger partial charge in [0.1, 0.15) is 12.0 Å². The van der Waals surface area contributed by atoms with Crippen LogP contribution in [0.15, 0.2) is 45.8 Å². The zero-order valence-electron chi connectivity index (χ0n) is 14.8. The maximum absolute atomic E-state index is 12.3. The second kappa shape index (κ2) is 8.71. The Morgan fingerprint density at radius 1 is 1.15 bits per heavy atom. The number of nitrogens with zero attached hydrogens (tertiary/aromatic N) is 1. The molecule has 1 saturated heterocycles. The Bertz CT molecular complexity index is 762. The van der Waals surface area contributed by atoms with Gasteiger partial charge in [-0.2, -0.15) is 0 Å². The van der Waals surface area contributed by atoms with Crippen LogP contribution in [0, 0.1) is 5.92 Å². The lowest BCUT2D eigenvalue weighted by Crippen LogP contribution is -2.31. The summed E-state index contributed by atoms with van der Waals surface area (Å²) in [6, 6.07) is 10.0. The first-order chi connectivity index (χ1) is 12.3. The number of rotatable bonds is 5. The molecule has 0 amide bonds. The van der Waals surface area contributed by atoms with Crippen LogP contribution >= 0.6 is 12.4 Å². The monoisotopic (exact) mass is 376 g/mol. The molecule has 1 N–H and O–H groups in total. The molecule has 0 atom stereocenters. The van der Waals surface area contributed by atoms with Crippen molar-refractivity contribution < 1.29 is 9.15 Å². The number of nitrogens with one attached hydrogen (secondary N) is 1. The summed E-state index contributed by atoms with van der Waals surface area (Å²) in [5.74, 6) is 1.53. The van der Waals surface area contributed by atoms with Crippen LogP contribution in [-0.4, -0.2) is 24.6 Å². The Hall–Kier alpha value is -1.82. The molecule has 4 rings (SSSR count). The smallest absolute Gasteiger partial charge is 0.227 e.